The second kappa shape index (κ2) is 6.63. The molecule has 5 heteroatoms. The van der Waals surface area contributed by atoms with Crippen molar-refractivity contribution < 1.29 is 9.53 Å². The minimum Gasteiger partial charge on any atom is -0.466 e. The molecule has 0 N–H and O–H groups in total. The number of nitriles is 1. The Labute approximate surface area is 113 Å². The van der Waals surface area contributed by atoms with Gasteiger partial charge < -0.3 is 4.74 Å². The molecule has 0 radical (unpaired) electrons. The third-order valence-corrected chi connectivity index (χ3v) is 3.24. The van der Waals surface area contributed by atoms with Crippen molar-refractivity contribution in [2.45, 2.75) is 19.2 Å². The van der Waals surface area contributed by atoms with Gasteiger partial charge in [0.15, 0.2) is 0 Å². The van der Waals surface area contributed by atoms with E-state index in [0.29, 0.717) is 23.3 Å². The molecule has 3 nitrogen and oxygen atoms in total. The number of carbonyl (C=O) groups excluding carboxylic acids is 1. The molecule has 1 aromatic rings. The van der Waals surface area contributed by atoms with E-state index in [1.165, 1.54) is 0 Å². The van der Waals surface area contributed by atoms with Crippen LogP contribution in [-0.2, 0) is 21.8 Å². The Bertz CT molecular complexity index is 468. The van der Waals surface area contributed by atoms with Gasteiger partial charge in [-0.3, -0.25) is 4.79 Å². The lowest BCUT2D eigenvalue weighted by atomic mass is 10.0. The molecule has 0 aliphatic heterocycles. The highest BCUT2D eigenvalue weighted by atomic mass is 79.9. The van der Waals surface area contributed by atoms with Crippen LogP contribution < -0.4 is 0 Å². The molecule has 0 saturated heterocycles. The average molecular weight is 317 g/mol. The quantitative estimate of drug-likeness (QED) is 0.633. The molecule has 0 aromatic heterocycles. The summed E-state index contributed by atoms with van der Waals surface area (Å²) in [6.45, 7) is 2.08. The van der Waals surface area contributed by atoms with Crippen molar-refractivity contribution >= 4 is 33.5 Å². The first kappa shape index (κ1) is 14.0. The molecule has 0 bridgehead atoms. The van der Waals surface area contributed by atoms with Crippen molar-refractivity contribution in [3.8, 4) is 6.07 Å². The van der Waals surface area contributed by atoms with Crippen LogP contribution in [0.1, 0.15) is 23.6 Å². The zero-order valence-electron chi connectivity index (χ0n) is 9.30. The first-order valence-corrected chi connectivity index (χ1v) is 6.38. The van der Waals surface area contributed by atoms with E-state index in [9.17, 15) is 4.79 Å². The maximum atomic E-state index is 11.4. The topological polar surface area (TPSA) is 50.1 Å². The number of halogens is 2. The predicted octanol–water partition coefficient (Wildman–Crippen LogP) is 3.17. The molecule has 0 fully saturated rings. The Balaban J connectivity index is 3.09. The van der Waals surface area contributed by atoms with Gasteiger partial charge >= 0.3 is 5.97 Å². The van der Waals surface area contributed by atoms with Crippen LogP contribution in [0, 0.1) is 11.3 Å². The number of rotatable bonds is 4. The maximum absolute atomic E-state index is 11.4. The van der Waals surface area contributed by atoms with E-state index in [-0.39, 0.29) is 18.3 Å². The van der Waals surface area contributed by atoms with Crippen LogP contribution in [0.4, 0.5) is 0 Å². The minimum atomic E-state index is -0.341. The van der Waals surface area contributed by atoms with E-state index in [4.69, 9.17) is 21.6 Å². The third-order valence-electron chi connectivity index (χ3n) is 2.23. The maximum Gasteiger partial charge on any atom is 0.310 e. The van der Waals surface area contributed by atoms with E-state index < -0.39 is 0 Å². The fraction of sp³-hybridized carbons (Fsp3) is 0.333. The lowest BCUT2D eigenvalue weighted by molar-refractivity contribution is -0.142. The van der Waals surface area contributed by atoms with Gasteiger partial charge in [0.2, 0.25) is 0 Å². The second-order valence-corrected chi connectivity index (χ2v) is 4.41. The highest BCUT2D eigenvalue weighted by Gasteiger charge is 2.14. The van der Waals surface area contributed by atoms with Gasteiger partial charge in [0.05, 0.1) is 24.7 Å². The van der Waals surface area contributed by atoms with E-state index >= 15 is 0 Å². The number of nitrogens with zero attached hydrogens (tertiary/aromatic N) is 1. The molecule has 0 saturated carbocycles. The van der Waals surface area contributed by atoms with Crippen LogP contribution in [0.3, 0.4) is 0 Å². The van der Waals surface area contributed by atoms with Crippen LogP contribution in [0.2, 0.25) is 0 Å². The van der Waals surface area contributed by atoms with Crippen molar-refractivity contribution in [3.05, 3.63) is 33.3 Å². The van der Waals surface area contributed by atoms with E-state index in [2.05, 4.69) is 22.0 Å². The van der Waals surface area contributed by atoms with Gasteiger partial charge in [0, 0.05) is 10.4 Å². The van der Waals surface area contributed by atoms with E-state index in [0.717, 1.165) is 4.47 Å². The second-order valence-electron chi connectivity index (χ2n) is 3.29. The molecular formula is C12H11BrClNO2. The first-order valence-electron chi connectivity index (χ1n) is 5.06. The Morgan fingerprint density at radius 3 is 2.82 bits per heavy atom. The molecule has 17 heavy (non-hydrogen) atoms. The highest BCUT2D eigenvalue weighted by molar-refractivity contribution is 9.10. The number of benzene rings is 1. The van der Waals surface area contributed by atoms with Gasteiger partial charge in [-0.25, -0.2) is 0 Å². The number of alkyl halides is 1. The molecule has 90 valence electrons. The lowest BCUT2D eigenvalue weighted by Gasteiger charge is -2.09. The van der Waals surface area contributed by atoms with E-state index in [1.807, 2.05) is 0 Å². The molecule has 0 atom stereocenters. The Hall–Kier alpha value is -1.05. The standard InChI is InChI=1S/C12H11BrClNO2/c1-2-17-12(16)5-8-3-4-11(13)9(6-14)10(8)7-15/h3-4H,2,5-6H2,1H3. The number of hydrogen-bond donors (Lipinski definition) is 0. The lowest BCUT2D eigenvalue weighted by Crippen LogP contribution is -2.09. The zero-order valence-corrected chi connectivity index (χ0v) is 11.6. The number of carbonyl (C=O) groups is 1. The first-order chi connectivity index (χ1) is 8.13. The predicted molar refractivity (Wildman–Crippen MR) is 68.8 cm³/mol. The number of esters is 1. The number of hydrogen-bond acceptors (Lipinski definition) is 3. The molecule has 0 amide bonds. The summed E-state index contributed by atoms with van der Waals surface area (Å²) in [7, 11) is 0. The molecule has 1 aromatic carbocycles. The van der Waals surface area contributed by atoms with Crippen molar-refractivity contribution in [1.29, 1.82) is 5.26 Å². The summed E-state index contributed by atoms with van der Waals surface area (Å²) in [6.07, 6.45) is 0.0912. The normalized spacial score (nSPS) is 9.76. The summed E-state index contributed by atoms with van der Waals surface area (Å²) in [5.41, 5.74) is 1.79. The molecule has 0 unspecified atom stereocenters. The van der Waals surface area contributed by atoms with Crippen molar-refractivity contribution in [1.82, 2.24) is 0 Å². The van der Waals surface area contributed by atoms with Gasteiger partial charge in [0.1, 0.15) is 0 Å². The van der Waals surface area contributed by atoms with Crippen molar-refractivity contribution in [3.63, 3.8) is 0 Å². The van der Waals surface area contributed by atoms with Crippen molar-refractivity contribution in [2.24, 2.45) is 0 Å². The van der Waals surface area contributed by atoms with Gasteiger partial charge in [-0.1, -0.05) is 22.0 Å². The fourth-order valence-electron chi connectivity index (χ4n) is 1.46. The molecule has 0 heterocycles. The highest BCUT2D eigenvalue weighted by Crippen LogP contribution is 2.25. The van der Waals surface area contributed by atoms with Gasteiger partial charge in [-0.15, -0.1) is 11.6 Å². The van der Waals surface area contributed by atoms with Crippen LogP contribution in [0.5, 0.6) is 0 Å². The Morgan fingerprint density at radius 1 is 1.59 bits per heavy atom. The molecule has 1 rings (SSSR count). The smallest absolute Gasteiger partial charge is 0.310 e. The van der Waals surface area contributed by atoms with Crippen LogP contribution in [0.15, 0.2) is 16.6 Å². The minimum absolute atomic E-state index is 0.0912. The SMILES string of the molecule is CCOC(=O)Cc1ccc(Br)c(CCl)c1C#N. The number of ether oxygens (including phenoxy) is 1. The zero-order chi connectivity index (χ0) is 12.8. The van der Waals surface area contributed by atoms with Gasteiger partial charge in [0.25, 0.3) is 0 Å². The third kappa shape index (κ3) is 3.45. The molecular weight excluding hydrogens is 305 g/mol. The molecule has 0 aliphatic carbocycles. The van der Waals surface area contributed by atoms with Gasteiger partial charge in [-0.05, 0) is 24.1 Å². The summed E-state index contributed by atoms with van der Waals surface area (Å²) in [5, 5.41) is 9.12. The largest absolute Gasteiger partial charge is 0.466 e. The molecule has 0 aliphatic rings. The van der Waals surface area contributed by atoms with Crippen LogP contribution >= 0.6 is 27.5 Å². The Morgan fingerprint density at radius 2 is 2.29 bits per heavy atom. The van der Waals surface area contributed by atoms with Crippen molar-refractivity contribution in [2.75, 3.05) is 6.61 Å². The van der Waals surface area contributed by atoms with Crippen LogP contribution in [-0.4, -0.2) is 12.6 Å². The Kier molecular flexibility index (Phi) is 5.46. The monoisotopic (exact) mass is 315 g/mol. The average Bonchev–Trinajstić information content (AvgIpc) is 2.31. The molecule has 0 spiro atoms. The summed E-state index contributed by atoms with van der Waals surface area (Å²) in [6, 6.07) is 5.60. The summed E-state index contributed by atoms with van der Waals surface area (Å²) < 4.78 is 5.63. The summed E-state index contributed by atoms with van der Waals surface area (Å²) in [4.78, 5) is 11.4. The summed E-state index contributed by atoms with van der Waals surface area (Å²) in [5.74, 6) is -0.119. The van der Waals surface area contributed by atoms with E-state index in [1.54, 1.807) is 19.1 Å². The fourth-order valence-corrected chi connectivity index (χ4v) is 2.37. The van der Waals surface area contributed by atoms with Gasteiger partial charge in [-0.2, -0.15) is 5.26 Å². The van der Waals surface area contributed by atoms with Crippen LogP contribution in [0.25, 0.3) is 0 Å². The summed E-state index contributed by atoms with van der Waals surface area (Å²) >= 11 is 9.12.